The number of ketones is 1. The van der Waals surface area contributed by atoms with Crippen molar-refractivity contribution in [2.24, 2.45) is 0 Å². The van der Waals surface area contributed by atoms with E-state index in [9.17, 15) is 9.59 Å². The van der Waals surface area contributed by atoms with Crippen LogP contribution in [0.4, 0.5) is 0 Å². The summed E-state index contributed by atoms with van der Waals surface area (Å²) < 4.78 is 21.1. The van der Waals surface area contributed by atoms with Crippen LogP contribution in [-0.4, -0.2) is 33.1 Å². The van der Waals surface area contributed by atoms with Crippen molar-refractivity contribution in [3.05, 3.63) is 89.5 Å². The van der Waals surface area contributed by atoms with Gasteiger partial charge in [0.15, 0.2) is 5.78 Å². The molecular formula is C25H22O6. The molecular weight excluding hydrogens is 396 g/mol. The molecule has 0 N–H and O–H groups in total. The minimum absolute atomic E-state index is 0.254. The Bertz CT molecular complexity index is 1100. The average Bonchev–Trinajstić information content (AvgIpc) is 2.82. The molecule has 0 aliphatic carbocycles. The number of carbonyl (C=O) groups is 2. The number of rotatable bonds is 8. The molecule has 0 radical (unpaired) electrons. The molecule has 0 aliphatic heterocycles. The molecule has 158 valence electrons. The van der Waals surface area contributed by atoms with E-state index in [1.165, 1.54) is 13.2 Å². The molecule has 0 saturated heterocycles. The first-order valence-electron chi connectivity index (χ1n) is 9.45. The highest BCUT2D eigenvalue weighted by Crippen LogP contribution is 2.26. The van der Waals surface area contributed by atoms with Crippen molar-refractivity contribution < 1.29 is 28.5 Å². The van der Waals surface area contributed by atoms with E-state index in [2.05, 4.69) is 0 Å². The molecule has 0 amide bonds. The lowest BCUT2D eigenvalue weighted by Crippen LogP contribution is -2.09. The molecule has 0 fully saturated rings. The smallest absolute Gasteiger partial charge is 0.343 e. The van der Waals surface area contributed by atoms with Crippen LogP contribution in [0.25, 0.3) is 6.08 Å². The number of para-hydroxylation sites is 1. The Morgan fingerprint density at radius 3 is 2.10 bits per heavy atom. The van der Waals surface area contributed by atoms with Crippen LogP contribution in [0.1, 0.15) is 26.3 Å². The second-order valence-electron chi connectivity index (χ2n) is 6.42. The quantitative estimate of drug-likeness (QED) is 0.226. The van der Waals surface area contributed by atoms with Crippen LogP contribution in [0.3, 0.4) is 0 Å². The first-order chi connectivity index (χ1) is 15.0. The predicted octanol–water partition coefficient (Wildman–Crippen LogP) is 4.83. The minimum atomic E-state index is -0.508. The second kappa shape index (κ2) is 10.1. The van der Waals surface area contributed by atoms with E-state index >= 15 is 0 Å². The van der Waals surface area contributed by atoms with Gasteiger partial charge in [-0.15, -0.1) is 0 Å². The normalized spacial score (nSPS) is 10.5. The first kappa shape index (κ1) is 21.6. The highest BCUT2D eigenvalue weighted by molar-refractivity contribution is 6.09. The molecule has 3 aromatic carbocycles. The zero-order valence-electron chi connectivity index (χ0n) is 17.5. The van der Waals surface area contributed by atoms with E-state index in [1.54, 1.807) is 87.0 Å². The number of ether oxygens (including phenoxy) is 4. The summed E-state index contributed by atoms with van der Waals surface area (Å²) in [6.45, 7) is 0. The Labute approximate surface area is 180 Å². The van der Waals surface area contributed by atoms with E-state index < -0.39 is 5.97 Å². The predicted molar refractivity (Wildman–Crippen MR) is 117 cm³/mol. The maximum atomic E-state index is 12.7. The van der Waals surface area contributed by atoms with Crippen LogP contribution in [0.5, 0.6) is 23.0 Å². The van der Waals surface area contributed by atoms with Gasteiger partial charge in [-0.2, -0.15) is 0 Å². The van der Waals surface area contributed by atoms with Crippen LogP contribution in [0, 0.1) is 0 Å². The van der Waals surface area contributed by atoms with Gasteiger partial charge in [0.2, 0.25) is 0 Å². The molecule has 0 unspecified atom stereocenters. The second-order valence-corrected chi connectivity index (χ2v) is 6.42. The molecule has 3 rings (SSSR count). The third-order valence-corrected chi connectivity index (χ3v) is 4.54. The van der Waals surface area contributed by atoms with Gasteiger partial charge in [-0.25, -0.2) is 4.79 Å². The summed E-state index contributed by atoms with van der Waals surface area (Å²) in [7, 11) is 4.59. The molecule has 0 saturated carbocycles. The number of hydrogen-bond acceptors (Lipinski definition) is 6. The van der Waals surface area contributed by atoms with Gasteiger partial charge in [0.1, 0.15) is 23.0 Å². The lowest BCUT2D eigenvalue weighted by Gasteiger charge is -2.09. The van der Waals surface area contributed by atoms with E-state index in [-0.39, 0.29) is 5.78 Å². The number of carbonyl (C=O) groups excluding carboxylic acids is 2. The Hall–Kier alpha value is -4.06. The zero-order valence-corrected chi connectivity index (χ0v) is 17.5. The molecule has 0 heterocycles. The summed E-state index contributed by atoms with van der Waals surface area (Å²) in [6, 6.07) is 18.6. The molecule has 31 heavy (non-hydrogen) atoms. The van der Waals surface area contributed by atoms with E-state index in [4.69, 9.17) is 18.9 Å². The number of allylic oxidation sites excluding steroid dienone is 1. The van der Waals surface area contributed by atoms with Gasteiger partial charge >= 0.3 is 5.97 Å². The standard InChI is InChI=1S/C25H22O6/c1-28-19-11-8-18(9-12-19)25(27)31-23-7-5-4-6-17(23)10-15-22(26)21-14-13-20(29-2)16-24(21)30-3/h4-16H,1-3H3/b15-10+. The third kappa shape index (κ3) is 5.30. The Morgan fingerprint density at radius 1 is 0.742 bits per heavy atom. The summed E-state index contributed by atoms with van der Waals surface area (Å²) in [4.78, 5) is 25.2. The van der Waals surface area contributed by atoms with Crippen molar-refractivity contribution in [1.82, 2.24) is 0 Å². The largest absolute Gasteiger partial charge is 0.497 e. The summed E-state index contributed by atoms with van der Waals surface area (Å²) in [6.07, 6.45) is 3.01. The van der Waals surface area contributed by atoms with Gasteiger partial charge < -0.3 is 18.9 Å². The van der Waals surface area contributed by atoms with Crippen molar-refractivity contribution in [2.45, 2.75) is 0 Å². The third-order valence-electron chi connectivity index (χ3n) is 4.54. The molecule has 0 bridgehead atoms. The first-order valence-corrected chi connectivity index (χ1v) is 9.45. The van der Waals surface area contributed by atoms with Crippen molar-refractivity contribution >= 4 is 17.8 Å². The lowest BCUT2D eigenvalue weighted by molar-refractivity contribution is 0.0734. The van der Waals surface area contributed by atoms with Crippen molar-refractivity contribution in [3.63, 3.8) is 0 Å². The van der Waals surface area contributed by atoms with Crippen LogP contribution in [0.2, 0.25) is 0 Å². The number of benzene rings is 3. The van der Waals surface area contributed by atoms with Gasteiger partial charge in [0.05, 0.1) is 32.5 Å². The van der Waals surface area contributed by atoms with Crippen LogP contribution < -0.4 is 18.9 Å². The van der Waals surface area contributed by atoms with E-state index in [1.807, 2.05) is 0 Å². The van der Waals surface area contributed by atoms with Crippen molar-refractivity contribution in [1.29, 1.82) is 0 Å². The Balaban J connectivity index is 1.79. The molecule has 3 aromatic rings. The number of esters is 1. The molecule has 0 spiro atoms. The highest BCUT2D eigenvalue weighted by Gasteiger charge is 2.13. The zero-order chi connectivity index (χ0) is 22.2. The summed E-state index contributed by atoms with van der Waals surface area (Å²) in [5.74, 6) is 1.23. The number of hydrogen-bond donors (Lipinski definition) is 0. The van der Waals surface area contributed by atoms with Gasteiger partial charge in [-0.3, -0.25) is 4.79 Å². The summed E-state index contributed by atoms with van der Waals surface area (Å²) >= 11 is 0. The average molecular weight is 418 g/mol. The van der Waals surface area contributed by atoms with Gasteiger partial charge in [-0.1, -0.05) is 18.2 Å². The van der Waals surface area contributed by atoms with Gasteiger partial charge in [0, 0.05) is 11.6 Å². The SMILES string of the molecule is COc1ccc(C(=O)Oc2ccccc2/C=C/C(=O)c2ccc(OC)cc2OC)cc1. The molecule has 6 nitrogen and oxygen atoms in total. The Kier molecular flexibility index (Phi) is 7.06. The number of methoxy groups -OCH3 is 3. The molecule has 0 aromatic heterocycles. The fourth-order valence-electron chi connectivity index (χ4n) is 2.85. The molecule has 6 heteroatoms. The maximum Gasteiger partial charge on any atom is 0.343 e. The van der Waals surface area contributed by atoms with Crippen molar-refractivity contribution in [2.75, 3.05) is 21.3 Å². The maximum absolute atomic E-state index is 12.7. The molecule has 0 aliphatic rings. The fraction of sp³-hybridized carbons (Fsp3) is 0.120. The van der Waals surface area contributed by atoms with Gasteiger partial charge in [0.25, 0.3) is 0 Å². The highest BCUT2D eigenvalue weighted by atomic mass is 16.5. The van der Waals surface area contributed by atoms with Crippen molar-refractivity contribution in [3.8, 4) is 23.0 Å². The minimum Gasteiger partial charge on any atom is -0.497 e. The van der Waals surface area contributed by atoms with Gasteiger partial charge in [-0.05, 0) is 54.6 Å². The molecule has 0 atom stereocenters. The monoisotopic (exact) mass is 418 g/mol. The fourth-order valence-corrected chi connectivity index (χ4v) is 2.85. The van der Waals surface area contributed by atoms with Crippen LogP contribution >= 0.6 is 0 Å². The topological polar surface area (TPSA) is 71.1 Å². The summed E-state index contributed by atoms with van der Waals surface area (Å²) in [5, 5.41) is 0. The van der Waals surface area contributed by atoms with Crippen LogP contribution in [-0.2, 0) is 0 Å². The van der Waals surface area contributed by atoms with Crippen LogP contribution in [0.15, 0.2) is 72.8 Å². The van der Waals surface area contributed by atoms with E-state index in [0.29, 0.717) is 39.7 Å². The Morgan fingerprint density at radius 2 is 1.42 bits per heavy atom. The lowest BCUT2D eigenvalue weighted by atomic mass is 10.1. The van der Waals surface area contributed by atoms with E-state index in [0.717, 1.165) is 0 Å². The summed E-state index contributed by atoms with van der Waals surface area (Å²) in [5.41, 5.74) is 1.37.